The van der Waals surface area contributed by atoms with Crippen molar-refractivity contribution in [3.8, 4) is 0 Å². The van der Waals surface area contributed by atoms with Gasteiger partial charge in [0.1, 0.15) is 0 Å². The SMILES string of the molecule is COC(=O)Cc1csc(NCCC2CC2)n1. The Kier molecular flexibility index (Phi) is 3.77. The lowest BCUT2D eigenvalue weighted by Gasteiger charge is -2.00. The number of nitrogens with zero attached hydrogens (tertiary/aromatic N) is 1. The molecule has 5 heteroatoms. The molecule has 16 heavy (non-hydrogen) atoms. The van der Waals surface area contributed by atoms with E-state index in [0.717, 1.165) is 23.3 Å². The number of esters is 1. The number of anilines is 1. The summed E-state index contributed by atoms with van der Waals surface area (Å²) in [6, 6.07) is 0. The van der Waals surface area contributed by atoms with Gasteiger partial charge in [0, 0.05) is 11.9 Å². The molecule has 0 aliphatic heterocycles. The van der Waals surface area contributed by atoms with Crippen LogP contribution in [0, 0.1) is 5.92 Å². The normalized spacial score (nSPS) is 14.8. The number of carbonyl (C=O) groups excluding carboxylic acids is 1. The monoisotopic (exact) mass is 240 g/mol. The van der Waals surface area contributed by atoms with Crippen molar-refractivity contribution in [3.63, 3.8) is 0 Å². The molecular formula is C11H16N2O2S. The quantitative estimate of drug-likeness (QED) is 0.773. The van der Waals surface area contributed by atoms with Crippen molar-refractivity contribution in [3.05, 3.63) is 11.1 Å². The van der Waals surface area contributed by atoms with Gasteiger partial charge in [-0.3, -0.25) is 4.79 Å². The van der Waals surface area contributed by atoms with Crippen molar-refractivity contribution < 1.29 is 9.53 Å². The van der Waals surface area contributed by atoms with Crippen LogP contribution in [0.25, 0.3) is 0 Å². The van der Waals surface area contributed by atoms with Gasteiger partial charge in [0.25, 0.3) is 0 Å². The van der Waals surface area contributed by atoms with Gasteiger partial charge in [-0.25, -0.2) is 4.98 Å². The molecule has 1 aromatic heterocycles. The van der Waals surface area contributed by atoms with Crippen molar-refractivity contribution in [1.29, 1.82) is 0 Å². The molecule has 0 unspecified atom stereocenters. The highest BCUT2D eigenvalue weighted by Crippen LogP contribution is 2.32. The highest BCUT2D eigenvalue weighted by Gasteiger charge is 2.20. The minimum atomic E-state index is -0.241. The second kappa shape index (κ2) is 5.30. The molecule has 0 aromatic carbocycles. The predicted molar refractivity (Wildman–Crippen MR) is 63.7 cm³/mol. The Labute approximate surface area is 99.0 Å². The number of methoxy groups -OCH3 is 1. The van der Waals surface area contributed by atoms with Crippen LogP contribution >= 0.6 is 11.3 Å². The minimum Gasteiger partial charge on any atom is -0.469 e. The van der Waals surface area contributed by atoms with Gasteiger partial charge in [0.2, 0.25) is 0 Å². The van der Waals surface area contributed by atoms with Gasteiger partial charge in [0.05, 0.1) is 19.2 Å². The lowest BCUT2D eigenvalue weighted by atomic mass is 10.3. The summed E-state index contributed by atoms with van der Waals surface area (Å²) in [5.41, 5.74) is 0.783. The average molecular weight is 240 g/mol. The summed E-state index contributed by atoms with van der Waals surface area (Å²) >= 11 is 1.54. The summed E-state index contributed by atoms with van der Waals surface area (Å²) in [5, 5.41) is 6.08. The van der Waals surface area contributed by atoms with E-state index in [1.807, 2.05) is 5.38 Å². The zero-order valence-corrected chi connectivity index (χ0v) is 10.2. The Morgan fingerprint density at radius 2 is 2.50 bits per heavy atom. The van der Waals surface area contributed by atoms with Crippen LogP contribution in [0.5, 0.6) is 0 Å². The summed E-state index contributed by atoms with van der Waals surface area (Å²) < 4.78 is 4.59. The third-order valence-electron chi connectivity index (χ3n) is 2.63. The topological polar surface area (TPSA) is 51.2 Å². The molecule has 0 saturated heterocycles. The lowest BCUT2D eigenvalue weighted by Crippen LogP contribution is -2.05. The molecule has 1 aromatic rings. The highest BCUT2D eigenvalue weighted by atomic mass is 32.1. The summed E-state index contributed by atoms with van der Waals surface area (Å²) in [4.78, 5) is 15.3. The van der Waals surface area contributed by atoms with Gasteiger partial charge in [-0.15, -0.1) is 11.3 Å². The minimum absolute atomic E-state index is 0.241. The van der Waals surface area contributed by atoms with Crippen molar-refractivity contribution in [1.82, 2.24) is 4.98 Å². The molecule has 1 fully saturated rings. The third-order valence-corrected chi connectivity index (χ3v) is 3.48. The highest BCUT2D eigenvalue weighted by molar-refractivity contribution is 7.13. The van der Waals surface area contributed by atoms with E-state index in [1.54, 1.807) is 11.3 Å². The molecule has 1 heterocycles. The molecule has 0 radical (unpaired) electrons. The first kappa shape index (κ1) is 11.4. The van der Waals surface area contributed by atoms with E-state index >= 15 is 0 Å². The summed E-state index contributed by atoms with van der Waals surface area (Å²) in [6.07, 6.45) is 4.25. The lowest BCUT2D eigenvalue weighted by molar-refractivity contribution is -0.139. The van der Waals surface area contributed by atoms with Crippen LogP contribution < -0.4 is 5.32 Å². The fourth-order valence-corrected chi connectivity index (χ4v) is 2.22. The summed E-state index contributed by atoms with van der Waals surface area (Å²) in [7, 11) is 1.39. The molecule has 0 atom stereocenters. The van der Waals surface area contributed by atoms with Gasteiger partial charge >= 0.3 is 5.97 Å². The number of rotatable bonds is 6. The van der Waals surface area contributed by atoms with E-state index < -0.39 is 0 Å². The van der Waals surface area contributed by atoms with Gasteiger partial charge in [-0.1, -0.05) is 12.8 Å². The maximum atomic E-state index is 11.0. The Hall–Kier alpha value is -1.10. The molecule has 0 spiro atoms. The van der Waals surface area contributed by atoms with Gasteiger partial charge < -0.3 is 10.1 Å². The third kappa shape index (κ3) is 3.48. The van der Waals surface area contributed by atoms with Gasteiger partial charge in [0.15, 0.2) is 5.13 Å². The number of hydrogen-bond donors (Lipinski definition) is 1. The van der Waals surface area contributed by atoms with Crippen molar-refractivity contribution in [2.45, 2.75) is 25.7 Å². The maximum absolute atomic E-state index is 11.0. The van der Waals surface area contributed by atoms with E-state index in [4.69, 9.17) is 0 Å². The Morgan fingerprint density at radius 3 is 3.19 bits per heavy atom. The fourth-order valence-electron chi connectivity index (χ4n) is 1.48. The van der Waals surface area contributed by atoms with Gasteiger partial charge in [-0.05, 0) is 12.3 Å². The largest absolute Gasteiger partial charge is 0.469 e. The second-order valence-corrected chi connectivity index (χ2v) is 4.91. The number of thiazole rings is 1. The zero-order chi connectivity index (χ0) is 11.4. The molecule has 0 amide bonds. The molecule has 1 N–H and O–H groups in total. The van der Waals surface area contributed by atoms with Crippen LogP contribution in [0.15, 0.2) is 5.38 Å². The first-order chi connectivity index (χ1) is 7.78. The smallest absolute Gasteiger partial charge is 0.311 e. The first-order valence-electron chi connectivity index (χ1n) is 5.53. The van der Waals surface area contributed by atoms with Crippen molar-refractivity contribution in [2.75, 3.05) is 19.0 Å². The predicted octanol–water partition coefficient (Wildman–Crippen LogP) is 2.07. The molecule has 2 rings (SSSR count). The van der Waals surface area contributed by atoms with Crippen LogP contribution in [-0.2, 0) is 16.0 Å². The number of nitrogens with one attached hydrogen (secondary N) is 1. The first-order valence-corrected chi connectivity index (χ1v) is 6.41. The van der Waals surface area contributed by atoms with E-state index in [9.17, 15) is 4.79 Å². The Bertz CT molecular complexity index is 361. The van der Waals surface area contributed by atoms with Crippen LogP contribution in [0.2, 0.25) is 0 Å². The molecular weight excluding hydrogens is 224 g/mol. The number of ether oxygens (including phenoxy) is 1. The summed E-state index contributed by atoms with van der Waals surface area (Å²) in [5.74, 6) is 0.692. The molecule has 1 aliphatic rings. The average Bonchev–Trinajstić information content (AvgIpc) is 2.99. The molecule has 1 saturated carbocycles. The number of carbonyl (C=O) groups is 1. The maximum Gasteiger partial charge on any atom is 0.311 e. The van der Waals surface area contributed by atoms with E-state index in [2.05, 4.69) is 15.0 Å². The van der Waals surface area contributed by atoms with Gasteiger partial charge in [-0.2, -0.15) is 0 Å². The fraction of sp³-hybridized carbons (Fsp3) is 0.636. The van der Waals surface area contributed by atoms with Crippen molar-refractivity contribution in [2.24, 2.45) is 5.92 Å². The Morgan fingerprint density at radius 1 is 1.69 bits per heavy atom. The standard InChI is InChI=1S/C11H16N2O2S/c1-15-10(14)6-9-7-16-11(13-9)12-5-4-8-2-3-8/h7-8H,2-6H2,1H3,(H,12,13). The second-order valence-electron chi connectivity index (χ2n) is 4.06. The van der Waals surface area contributed by atoms with Crippen LogP contribution in [0.4, 0.5) is 5.13 Å². The molecule has 88 valence electrons. The number of hydrogen-bond acceptors (Lipinski definition) is 5. The molecule has 4 nitrogen and oxygen atoms in total. The van der Waals surface area contributed by atoms with E-state index in [-0.39, 0.29) is 12.4 Å². The van der Waals surface area contributed by atoms with Crippen LogP contribution in [0.1, 0.15) is 25.0 Å². The van der Waals surface area contributed by atoms with Crippen LogP contribution in [-0.4, -0.2) is 24.6 Å². The van der Waals surface area contributed by atoms with Crippen LogP contribution in [0.3, 0.4) is 0 Å². The molecule has 1 aliphatic carbocycles. The summed E-state index contributed by atoms with van der Waals surface area (Å²) in [6.45, 7) is 0.982. The zero-order valence-electron chi connectivity index (χ0n) is 9.36. The Balaban J connectivity index is 1.74. The van der Waals surface area contributed by atoms with E-state index in [0.29, 0.717) is 0 Å². The molecule has 0 bridgehead atoms. The van der Waals surface area contributed by atoms with Crippen molar-refractivity contribution >= 4 is 22.4 Å². The van der Waals surface area contributed by atoms with E-state index in [1.165, 1.54) is 26.4 Å². The number of aromatic nitrogens is 1.